The first-order valence-electron chi connectivity index (χ1n) is 5.64. The van der Waals surface area contributed by atoms with E-state index in [2.05, 4.69) is 10.5 Å². The van der Waals surface area contributed by atoms with Gasteiger partial charge in [0.15, 0.2) is 0 Å². The molecule has 1 aliphatic rings. The van der Waals surface area contributed by atoms with Crippen LogP contribution in [0, 0.1) is 6.92 Å². The average Bonchev–Trinajstić information content (AvgIpc) is 2.55. The molecule has 0 spiro atoms. The summed E-state index contributed by atoms with van der Waals surface area (Å²) in [6.45, 7) is 2.42. The minimum Gasteiger partial charge on any atom is -0.361 e. The van der Waals surface area contributed by atoms with Gasteiger partial charge in [-0.3, -0.25) is 4.79 Å². The van der Waals surface area contributed by atoms with Crippen LogP contribution in [0.15, 0.2) is 10.6 Å². The Bertz CT molecular complexity index is 537. The molecule has 100 valence electrons. The van der Waals surface area contributed by atoms with Crippen LogP contribution in [0.3, 0.4) is 0 Å². The smallest absolute Gasteiger partial charge is 0.235 e. The van der Waals surface area contributed by atoms with Crippen LogP contribution >= 0.6 is 0 Å². The van der Waals surface area contributed by atoms with Crippen molar-refractivity contribution in [2.45, 2.75) is 19.1 Å². The van der Waals surface area contributed by atoms with E-state index < -0.39 is 10.0 Å². The number of hydrogen-bond donors (Lipinski definition) is 1. The van der Waals surface area contributed by atoms with Gasteiger partial charge in [0, 0.05) is 19.2 Å². The Morgan fingerprint density at radius 2 is 2.33 bits per heavy atom. The summed E-state index contributed by atoms with van der Waals surface area (Å²) in [6.07, 6.45) is 0.614. The lowest BCUT2D eigenvalue weighted by Crippen LogP contribution is -2.38. The molecule has 0 atom stereocenters. The predicted molar refractivity (Wildman–Crippen MR) is 63.1 cm³/mol. The van der Waals surface area contributed by atoms with Gasteiger partial charge in [-0.05, 0) is 13.3 Å². The molecule has 0 aliphatic carbocycles. The topological polar surface area (TPSA) is 92.5 Å². The molecule has 2 heterocycles. The van der Waals surface area contributed by atoms with Gasteiger partial charge in [0.05, 0.1) is 6.54 Å². The lowest BCUT2D eigenvalue weighted by molar-refractivity contribution is -0.120. The molecule has 1 amide bonds. The Morgan fingerprint density at radius 3 is 3.00 bits per heavy atom. The van der Waals surface area contributed by atoms with Crippen LogP contribution in [0.4, 0.5) is 0 Å². The monoisotopic (exact) mass is 273 g/mol. The number of aromatic nitrogens is 1. The van der Waals surface area contributed by atoms with E-state index in [1.807, 2.05) is 0 Å². The van der Waals surface area contributed by atoms with Gasteiger partial charge in [-0.2, -0.15) is 4.31 Å². The van der Waals surface area contributed by atoms with E-state index in [1.54, 1.807) is 13.0 Å². The average molecular weight is 273 g/mol. The van der Waals surface area contributed by atoms with E-state index in [9.17, 15) is 13.2 Å². The molecule has 18 heavy (non-hydrogen) atoms. The minimum absolute atomic E-state index is 0.126. The summed E-state index contributed by atoms with van der Waals surface area (Å²) < 4.78 is 30.3. The second kappa shape index (κ2) is 5.07. The second-order valence-corrected chi connectivity index (χ2v) is 6.19. The van der Waals surface area contributed by atoms with Crippen molar-refractivity contribution >= 4 is 15.9 Å². The van der Waals surface area contributed by atoms with E-state index >= 15 is 0 Å². The van der Waals surface area contributed by atoms with Crippen molar-refractivity contribution in [3.63, 3.8) is 0 Å². The summed E-state index contributed by atoms with van der Waals surface area (Å²) in [5, 5.41) is 6.29. The highest BCUT2D eigenvalue weighted by atomic mass is 32.2. The van der Waals surface area contributed by atoms with Crippen molar-refractivity contribution in [2.24, 2.45) is 0 Å². The Balaban J connectivity index is 2.12. The fraction of sp³-hybridized carbons (Fsp3) is 0.600. The highest BCUT2D eigenvalue weighted by Crippen LogP contribution is 2.12. The van der Waals surface area contributed by atoms with E-state index in [-0.39, 0.29) is 18.2 Å². The van der Waals surface area contributed by atoms with Crippen LogP contribution in [0.1, 0.15) is 17.9 Å². The number of nitrogens with zero attached hydrogens (tertiary/aromatic N) is 2. The second-order valence-electron chi connectivity index (χ2n) is 4.22. The molecule has 0 saturated carbocycles. The van der Waals surface area contributed by atoms with Crippen LogP contribution in [0.25, 0.3) is 0 Å². The van der Waals surface area contributed by atoms with Gasteiger partial charge in [0.25, 0.3) is 0 Å². The third-order valence-electron chi connectivity index (χ3n) is 2.63. The number of rotatable bonds is 3. The normalized spacial score (nSPS) is 18.4. The summed E-state index contributed by atoms with van der Waals surface area (Å²) >= 11 is 0. The summed E-state index contributed by atoms with van der Waals surface area (Å²) in [5.74, 6) is 0.0543. The fourth-order valence-electron chi connectivity index (χ4n) is 1.78. The zero-order chi connectivity index (χ0) is 13.2. The fourth-order valence-corrected chi connectivity index (χ4v) is 3.19. The van der Waals surface area contributed by atoms with Crippen LogP contribution in [0.2, 0.25) is 0 Å². The number of hydrogen-bond acceptors (Lipinski definition) is 5. The molecular formula is C10H15N3O4S. The summed E-state index contributed by atoms with van der Waals surface area (Å²) in [6, 6.07) is 1.58. The molecule has 0 radical (unpaired) electrons. The third-order valence-corrected chi connectivity index (χ3v) is 4.39. The first-order valence-corrected chi connectivity index (χ1v) is 7.25. The summed E-state index contributed by atoms with van der Waals surface area (Å²) in [7, 11) is -3.53. The third kappa shape index (κ3) is 3.08. The van der Waals surface area contributed by atoms with E-state index in [0.29, 0.717) is 31.0 Å². The molecule has 1 saturated heterocycles. The highest BCUT2D eigenvalue weighted by molar-refractivity contribution is 7.88. The molecule has 0 bridgehead atoms. The maximum absolute atomic E-state index is 12.1. The lowest BCUT2D eigenvalue weighted by Gasteiger charge is -2.17. The minimum atomic E-state index is -3.53. The maximum Gasteiger partial charge on any atom is 0.235 e. The summed E-state index contributed by atoms with van der Waals surface area (Å²) in [5.41, 5.74) is 0.358. The highest BCUT2D eigenvalue weighted by Gasteiger charge is 2.27. The van der Waals surface area contributed by atoms with Crippen molar-refractivity contribution in [3.8, 4) is 0 Å². The van der Waals surface area contributed by atoms with Crippen molar-refractivity contribution in [1.82, 2.24) is 14.8 Å². The van der Waals surface area contributed by atoms with Gasteiger partial charge in [-0.25, -0.2) is 8.42 Å². The van der Waals surface area contributed by atoms with Crippen LogP contribution < -0.4 is 5.32 Å². The summed E-state index contributed by atoms with van der Waals surface area (Å²) in [4.78, 5) is 11.3. The number of carbonyl (C=O) groups excluding carboxylic acids is 1. The van der Waals surface area contributed by atoms with Gasteiger partial charge in [0.2, 0.25) is 15.9 Å². The van der Waals surface area contributed by atoms with Crippen molar-refractivity contribution in [3.05, 3.63) is 17.5 Å². The van der Waals surface area contributed by atoms with Crippen LogP contribution in [0.5, 0.6) is 0 Å². The molecule has 2 rings (SSSR count). The molecule has 1 aromatic heterocycles. The molecule has 0 unspecified atom stereocenters. The maximum atomic E-state index is 12.1. The molecule has 8 heteroatoms. The quantitative estimate of drug-likeness (QED) is 0.811. The van der Waals surface area contributed by atoms with Crippen molar-refractivity contribution in [1.29, 1.82) is 0 Å². The van der Waals surface area contributed by atoms with Crippen molar-refractivity contribution < 1.29 is 17.7 Å². The van der Waals surface area contributed by atoms with Crippen molar-refractivity contribution in [2.75, 3.05) is 19.6 Å². The van der Waals surface area contributed by atoms with Gasteiger partial charge in [0.1, 0.15) is 17.2 Å². The van der Waals surface area contributed by atoms with E-state index in [1.165, 1.54) is 4.31 Å². The van der Waals surface area contributed by atoms with Gasteiger partial charge in [-0.15, -0.1) is 0 Å². The standard InChI is InChI=1S/C10H15N3O4S/c1-8-5-9(12-17-8)7-18(15,16)13-4-2-3-11-10(14)6-13/h5H,2-4,6-7H2,1H3,(H,11,14). The molecule has 1 aromatic rings. The first kappa shape index (κ1) is 13.0. The molecule has 7 nitrogen and oxygen atoms in total. The van der Waals surface area contributed by atoms with E-state index in [4.69, 9.17) is 4.52 Å². The Labute approximate surface area is 105 Å². The SMILES string of the molecule is Cc1cc(CS(=O)(=O)N2CCCNC(=O)C2)no1. The zero-order valence-electron chi connectivity index (χ0n) is 10.0. The Kier molecular flexibility index (Phi) is 3.67. The number of nitrogens with one attached hydrogen (secondary N) is 1. The lowest BCUT2D eigenvalue weighted by atomic mass is 10.4. The number of sulfonamides is 1. The van der Waals surface area contributed by atoms with Crippen LogP contribution in [-0.2, 0) is 20.6 Å². The van der Waals surface area contributed by atoms with Gasteiger partial charge >= 0.3 is 0 Å². The Hall–Kier alpha value is -1.41. The van der Waals surface area contributed by atoms with Gasteiger partial charge in [-0.1, -0.05) is 5.16 Å². The largest absolute Gasteiger partial charge is 0.361 e. The Morgan fingerprint density at radius 1 is 1.56 bits per heavy atom. The molecule has 1 N–H and O–H groups in total. The first-order chi connectivity index (χ1) is 8.47. The molecule has 1 aliphatic heterocycles. The predicted octanol–water partition coefficient (Wildman–Crippen LogP) is -0.365. The number of carbonyl (C=O) groups is 1. The number of amides is 1. The molecular weight excluding hydrogens is 258 g/mol. The molecule has 1 fully saturated rings. The van der Waals surface area contributed by atoms with E-state index in [0.717, 1.165) is 0 Å². The number of aryl methyl sites for hydroxylation is 1. The molecule has 0 aromatic carbocycles. The van der Waals surface area contributed by atoms with Crippen LogP contribution in [-0.4, -0.2) is 43.4 Å². The zero-order valence-corrected chi connectivity index (χ0v) is 10.9. The van der Waals surface area contributed by atoms with Gasteiger partial charge < -0.3 is 9.84 Å².